The number of carbonyl (C=O) groups is 2. The molecule has 6 heteroatoms. The standard InChI is InChI=1S/C23H31N3O2.ClH/c1-5-24-16-18-8-6-7-9-20(18)26-21(27)14-15-25-22(28)17-10-12-19(13-11-17)23(2,3)4;/h6-13,24H,5,14-16H2,1-4H3,(H,25,28)(H,26,27);1H. The van der Waals surface area contributed by atoms with Crippen molar-refractivity contribution in [2.45, 2.75) is 46.1 Å². The van der Waals surface area contributed by atoms with E-state index in [4.69, 9.17) is 0 Å². The molecule has 0 atom stereocenters. The Morgan fingerprint density at radius 1 is 0.966 bits per heavy atom. The Labute approximate surface area is 180 Å². The van der Waals surface area contributed by atoms with E-state index in [9.17, 15) is 9.59 Å². The molecule has 0 radical (unpaired) electrons. The molecular weight excluding hydrogens is 386 g/mol. The molecule has 2 rings (SSSR count). The first-order valence-electron chi connectivity index (χ1n) is 9.78. The third-order valence-corrected chi connectivity index (χ3v) is 4.51. The van der Waals surface area contributed by atoms with Gasteiger partial charge in [0, 0.05) is 30.8 Å². The molecule has 0 heterocycles. The van der Waals surface area contributed by atoms with Crippen LogP contribution in [0.25, 0.3) is 0 Å². The van der Waals surface area contributed by atoms with Gasteiger partial charge in [0.15, 0.2) is 0 Å². The highest BCUT2D eigenvalue weighted by atomic mass is 35.5. The first-order valence-corrected chi connectivity index (χ1v) is 9.78. The summed E-state index contributed by atoms with van der Waals surface area (Å²) in [7, 11) is 0. The number of hydrogen-bond acceptors (Lipinski definition) is 3. The zero-order valence-corrected chi connectivity index (χ0v) is 18.5. The molecule has 0 saturated heterocycles. The van der Waals surface area contributed by atoms with Gasteiger partial charge in [0.25, 0.3) is 5.91 Å². The number of para-hydroxylation sites is 1. The number of halogens is 1. The third-order valence-electron chi connectivity index (χ3n) is 4.51. The van der Waals surface area contributed by atoms with Gasteiger partial charge in [-0.3, -0.25) is 9.59 Å². The Balaban J connectivity index is 0.00000420. The van der Waals surface area contributed by atoms with Gasteiger partial charge >= 0.3 is 0 Å². The lowest BCUT2D eigenvalue weighted by Crippen LogP contribution is -2.28. The fourth-order valence-electron chi connectivity index (χ4n) is 2.78. The van der Waals surface area contributed by atoms with E-state index in [1.807, 2.05) is 55.5 Å². The number of carbonyl (C=O) groups excluding carboxylic acids is 2. The van der Waals surface area contributed by atoms with Crippen molar-refractivity contribution in [3.8, 4) is 0 Å². The van der Waals surface area contributed by atoms with Crippen molar-refractivity contribution in [1.29, 1.82) is 0 Å². The molecule has 0 spiro atoms. The summed E-state index contributed by atoms with van der Waals surface area (Å²) in [6.07, 6.45) is 0.224. The van der Waals surface area contributed by atoms with Crippen LogP contribution in [0.4, 0.5) is 5.69 Å². The van der Waals surface area contributed by atoms with Crippen LogP contribution in [-0.4, -0.2) is 24.9 Å². The number of nitrogens with one attached hydrogen (secondary N) is 3. The molecule has 3 N–H and O–H groups in total. The molecule has 0 fully saturated rings. The maximum atomic E-state index is 12.3. The van der Waals surface area contributed by atoms with Crippen LogP contribution in [0.3, 0.4) is 0 Å². The van der Waals surface area contributed by atoms with Crippen molar-refractivity contribution >= 4 is 29.9 Å². The lowest BCUT2D eigenvalue weighted by Gasteiger charge is -2.19. The summed E-state index contributed by atoms with van der Waals surface area (Å²) in [5.74, 6) is -0.284. The summed E-state index contributed by atoms with van der Waals surface area (Å²) in [5, 5.41) is 9.00. The van der Waals surface area contributed by atoms with Gasteiger partial charge in [0.1, 0.15) is 0 Å². The van der Waals surface area contributed by atoms with E-state index in [1.165, 1.54) is 5.56 Å². The lowest BCUT2D eigenvalue weighted by atomic mass is 9.87. The van der Waals surface area contributed by atoms with Crippen LogP contribution in [0.2, 0.25) is 0 Å². The first-order chi connectivity index (χ1) is 13.3. The molecule has 29 heavy (non-hydrogen) atoms. The van der Waals surface area contributed by atoms with E-state index in [0.29, 0.717) is 18.7 Å². The highest BCUT2D eigenvalue weighted by Gasteiger charge is 2.14. The van der Waals surface area contributed by atoms with E-state index in [0.717, 1.165) is 17.8 Å². The highest BCUT2D eigenvalue weighted by Crippen LogP contribution is 2.22. The number of benzene rings is 2. The number of anilines is 1. The van der Waals surface area contributed by atoms with Crippen LogP contribution in [0, 0.1) is 0 Å². The fraction of sp³-hybridized carbons (Fsp3) is 0.391. The Morgan fingerprint density at radius 3 is 2.24 bits per heavy atom. The maximum absolute atomic E-state index is 12.3. The van der Waals surface area contributed by atoms with Crippen LogP contribution in [0.15, 0.2) is 48.5 Å². The largest absolute Gasteiger partial charge is 0.352 e. The predicted octanol–water partition coefficient (Wildman–Crippen LogP) is 4.27. The van der Waals surface area contributed by atoms with Gasteiger partial charge in [-0.1, -0.05) is 58.0 Å². The van der Waals surface area contributed by atoms with Crippen LogP contribution < -0.4 is 16.0 Å². The Bertz CT molecular complexity index is 799. The molecule has 2 aromatic carbocycles. The summed E-state index contributed by atoms with van der Waals surface area (Å²) in [5.41, 5.74) is 3.68. The zero-order valence-electron chi connectivity index (χ0n) is 17.7. The second-order valence-electron chi connectivity index (χ2n) is 7.82. The monoisotopic (exact) mass is 417 g/mol. The van der Waals surface area contributed by atoms with Crippen molar-refractivity contribution in [3.63, 3.8) is 0 Å². The number of amides is 2. The summed E-state index contributed by atoms with van der Waals surface area (Å²) in [4.78, 5) is 24.5. The van der Waals surface area contributed by atoms with Crippen LogP contribution in [0.1, 0.15) is 55.6 Å². The topological polar surface area (TPSA) is 70.2 Å². The molecule has 2 aromatic rings. The van der Waals surface area contributed by atoms with Crippen molar-refractivity contribution in [2.75, 3.05) is 18.4 Å². The Kier molecular flexibility index (Phi) is 9.86. The fourth-order valence-corrected chi connectivity index (χ4v) is 2.78. The van der Waals surface area contributed by atoms with E-state index in [2.05, 4.69) is 36.7 Å². The minimum atomic E-state index is -0.166. The average Bonchev–Trinajstić information content (AvgIpc) is 2.66. The van der Waals surface area contributed by atoms with Crippen molar-refractivity contribution < 1.29 is 9.59 Å². The SMILES string of the molecule is CCNCc1ccccc1NC(=O)CCNC(=O)c1ccc(C(C)(C)C)cc1.Cl. The van der Waals surface area contributed by atoms with Crippen molar-refractivity contribution in [2.24, 2.45) is 0 Å². The van der Waals surface area contributed by atoms with E-state index < -0.39 is 0 Å². The predicted molar refractivity (Wildman–Crippen MR) is 122 cm³/mol. The quantitative estimate of drug-likeness (QED) is 0.600. The molecule has 0 aliphatic rings. The minimum absolute atomic E-state index is 0. The smallest absolute Gasteiger partial charge is 0.251 e. The Morgan fingerprint density at radius 2 is 1.62 bits per heavy atom. The molecule has 0 aromatic heterocycles. The number of rotatable bonds is 8. The molecule has 158 valence electrons. The normalized spacial score (nSPS) is 10.8. The van der Waals surface area contributed by atoms with Gasteiger partial charge in [-0.15, -0.1) is 12.4 Å². The van der Waals surface area contributed by atoms with Gasteiger partial charge in [0.2, 0.25) is 5.91 Å². The first kappa shape index (κ1) is 24.7. The molecule has 0 unspecified atom stereocenters. The van der Waals surface area contributed by atoms with Crippen molar-refractivity contribution in [3.05, 3.63) is 65.2 Å². The van der Waals surface area contributed by atoms with E-state index >= 15 is 0 Å². The van der Waals surface area contributed by atoms with Crippen molar-refractivity contribution in [1.82, 2.24) is 10.6 Å². The van der Waals surface area contributed by atoms with Gasteiger partial charge in [-0.05, 0) is 41.3 Å². The van der Waals surface area contributed by atoms with Crippen LogP contribution in [-0.2, 0) is 16.8 Å². The number of hydrogen-bond donors (Lipinski definition) is 3. The minimum Gasteiger partial charge on any atom is -0.352 e. The van der Waals surface area contributed by atoms with Gasteiger partial charge in [0.05, 0.1) is 0 Å². The van der Waals surface area contributed by atoms with Gasteiger partial charge in [-0.2, -0.15) is 0 Å². The molecule has 0 aliphatic heterocycles. The second kappa shape index (κ2) is 11.6. The Hall–Kier alpha value is -2.37. The van der Waals surface area contributed by atoms with Crippen LogP contribution in [0.5, 0.6) is 0 Å². The molecule has 0 aliphatic carbocycles. The van der Waals surface area contributed by atoms with Gasteiger partial charge in [-0.25, -0.2) is 0 Å². The van der Waals surface area contributed by atoms with Gasteiger partial charge < -0.3 is 16.0 Å². The lowest BCUT2D eigenvalue weighted by molar-refractivity contribution is -0.116. The van der Waals surface area contributed by atoms with E-state index in [1.54, 1.807) is 0 Å². The average molecular weight is 418 g/mol. The molecule has 5 nitrogen and oxygen atoms in total. The molecular formula is C23H32ClN3O2. The molecule has 2 amide bonds. The highest BCUT2D eigenvalue weighted by molar-refractivity contribution is 5.95. The maximum Gasteiger partial charge on any atom is 0.251 e. The zero-order chi connectivity index (χ0) is 20.6. The molecule has 0 saturated carbocycles. The van der Waals surface area contributed by atoms with E-state index in [-0.39, 0.29) is 36.1 Å². The summed E-state index contributed by atoms with van der Waals surface area (Å²) in [6, 6.07) is 15.3. The third kappa shape index (κ3) is 7.87. The summed E-state index contributed by atoms with van der Waals surface area (Å²) in [6.45, 7) is 10.3. The summed E-state index contributed by atoms with van der Waals surface area (Å²) >= 11 is 0. The second-order valence-corrected chi connectivity index (χ2v) is 7.82. The summed E-state index contributed by atoms with van der Waals surface area (Å²) < 4.78 is 0. The van der Waals surface area contributed by atoms with Crippen LogP contribution >= 0.6 is 12.4 Å². The molecule has 0 bridgehead atoms.